The zero-order valence-corrected chi connectivity index (χ0v) is 16.0. The van der Waals surface area contributed by atoms with Gasteiger partial charge in [0.2, 0.25) is 0 Å². The summed E-state index contributed by atoms with van der Waals surface area (Å²) in [7, 11) is 2.66. The molecule has 0 heterocycles. The minimum absolute atomic E-state index is 0. The fourth-order valence-electron chi connectivity index (χ4n) is 2.33. The number of hydrogen-bond donors (Lipinski definition) is 2. The first kappa shape index (κ1) is 23.9. The Kier molecular flexibility index (Phi) is 9.90. The average molecular weight is 401 g/mol. The molecule has 0 saturated carbocycles. The molecule has 0 aromatic heterocycles. The van der Waals surface area contributed by atoms with Crippen LogP contribution < -0.4 is 11.5 Å². The smallest absolute Gasteiger partial charge is 0.337 e. The number of esters is 2. The predicted octanol–water partition coefficient (Wildman–Crippen LogP) is 2.80. The number of hydrogen-bond acceptors (Lipinski definition) is 6. The van der Waals surface area contributed by atoms with Gasteiger partial charge in [0, 0.05) is 12.1 Å². The molecule has 2 aromatic rings. The van der Waals surface area contributed by atoms with Crippen LogP contribution >= 0.6 is 24.8 Å². The summed E-state index contributed by atoms with van der Waals surface area (Å²) in [5.41, 5.74) is 14.9. The van der Waals surface area contributed by atoms with Crippen molar-refractivity contribution >= 4 is 36.8 Å². The molecule has 2 atom stereocenters. The van der Waals surface area contributed by atoms with Gasteiger partial charge in [-0.2, -0.15) is 0 Å². The number of ether oxygens (including phenoxy) is 2. The van der Waals surface area contributed by atoms with E-state index in [-0.39, 0.29) is 24.8 Å². The Morgan fingerprint density at radius 3 is 1.19 bits per heavy atom. The number of halogens is 2. The quantitative estimate of drug-likeness (QED) is 0.747. The fraction of sp³-hybridized carbons (Fsp3) is 0.222. The maximum atomic E-state index is 11.4. The highest BCUT2D eigenvalue weighted by atomic mass is 35.5. The van der Waals surface area contributed by atoms with E-state index in [0.29, 0.717) is 11.1 Å². The van der Waals surface area contributed by atoms with Crippen LogP contribution in [0.2, 0.25) is 0 Å². The van der Waals surface area contributed by atoms with Gasteiger partial charge in [-0.15, -0.1) is 24.8 Å². The minimum atomic E-state index is -0.458. The van der Waals surface area contributed by atoms with Crippen molar-refractivity contribution < 1.29 is 19.1 Å². The zero-order valence-electron chi connectivity index (χ0n) is 14.4. The highest BCUT2D eigenvalue weighted by Crippen LogP contribution is 2.25. The van der Waals surface area contributed by atoms with Crippen molar-refractivity contribution in [1.82, 2.24) is 0 Å². The highest BCUT2D eigenvalue weighted by Gasteiger charge is 2.18. The molecular weight excluding hydrogens is 379 g/mol. The van der Waals surface area contributed by atoms with Crippen LogP contribution in [0.5, 0.6) is 0 Å². The Labute approximate surface area is 164 Å². The van der Waals surface area contributed by atoms with Gasteiger partial charge < -0.3 is 20.9 Å². The molecule has 0 bridgehead atoms. The molecule has 4 N–H and O–H groups in total. The molecule has 26 heavy (non-hydrogen) atoms. The maximum absolute atomic E-state index is 11.4. The van der Waals surface area contributed by atoms with E-state index in [1.54, 1.807) is 48.5 Å². The van der Waals surface area contributed by atoms with Crippen molar-refractivity contribution in [2.75, 3.05) is 14.2 Å². The molecule has 0 spiro atoms. The number of nitrogens with two attached hydrogens (primary N) is 2. The van der Waals surface area contributed by atoms with Crippen molar-refractivity contribution in [2.24, 2.45) is 11.5 Å². The molecule has 2 aromatic carbocycles. The summed E-state index contributed by atoms with van der Waals surface area (Å²) in [5.74, 6) is -0.810. The summed E-state index contributed by atoms with van der Waals surface area (Å²) in [6.07, 6.45) is 0. The van der Waals surface area contributed by atoms with Gasteiger partial charge in [0.25, 0.3) is 0 Å². The van der Waals surface area contributed by atoms with Crippen molar-refractivity contribution in [1.29, 1.82) is 0 Å². The Morgan fingerprint density at radius 2 is 0.962 bits per heavy atom. The molecule has 0 aliphatic carbocycles. The lowest BCUT2D eigenvalue weighted by Gasteiger charge is -2.21. The molecule has 142 valence electrons. The van der Waals surface area contributed by atoms with E-state index in [2.05, 4.69) is 9.47 Å². The number of benzene rings is 2. The fourth-order valence-corrected chi connectivity index (χ4v) is 2.33. The molecule has 0 aliphatic heterocycles. The van der Waals surface area contributed by atoms with E-state index < -0.39 is 24.0 Å². The van der Waals surface area contributed by atoms with Gasteiger partial charge in [-0.3, -0.25) is 0 Å². The van der Waals surface area contributed by atoms with Crippen molar-refractivity contribution in [3.05, 3.63) is 70.8 Å². The molecule has 6 nitrogen and oxygen atoms in total. The van der Waals surface area contributed by atoms with Gasteiger partial charge in [-0.25, -0.2) is 9.59 Å². The van der Waals surface area contributed by atoms with E-state index in [1.807, 2.05) is 0 Å². The first-order valence-corrected chi connectivity index (χ1v) is 7.35. The van der Waals surface area contributed by atoms with Gasteiger partial charge in [-0.1, -0.05) is 24.3 Å². The minimum Gasteiger partial charge on any atom is -0.465 e. The molecule has 0 radical (unpaired) electrons. The molecular formula is C18H22Cl2N2O4. The van der Waals surface area contributed by atoms with Crippen molar-refractivity contribution in [3.8, 4) is 0 Å². The first-order chi connectivity index (χ1) is 11.5. The first-order valence-electron chi connectivity index (χ1n) is 7.35. The van der Waals surface area contributed by atoms with Gasteiger partial charge in [-0.05, 0) is 35.4 Å². The van der Waals surface area contributed by atoms with Crippen LogP contribution in [0.15, 0.2) is 48.5 Å². The van der Waals surface area contributed by atoms with Crippen LogP contribution in [0, 0.1) is 0 Å². The Bertz CT molecular complexity index is 657. The van der Waals surface area contributed by atoms with Crippen LogP contribution in [0.4, 0.5) is 0 Å². The van der Waals surface area contributed by atoms with E-state index >= 15 is 0 Å². The molecule has 0 aliphatic rings. The lowest BCUT2D eigenvalue weighted by molar-refractivity contribution is 0.0592. The zero-order chi connectivity index (χ0) is 17.7. The third-order valence-electron chi connectivity index (χ3n) is 3.82. The van der Waals surface area contributed by atoms with Gasteiger partial charge in [0.05, 0.1) is 25.3 Å². The Hall–Kier alpha value is -2.12. The summed E-state index contributed by atoms with van der Waals surface area (Å²) >= 11 is 0. The second kappa shape index (κ2) is 10.8. The topological polar surface area (TPSA) is 105 Å². The second-order valence-electron chi connectivity index (χ2n) is 5.28. The van der Waals surface area contributed by atoms with E-state index in [4.69, 9.17) is 11.5 Å². The second-order valence-corrected chi connectivity index (χ2v) is 5.28. The molecule has 0 fully saturated rings. The summed E-state index contributed by atoms with van der Waals surface area (Å²) in [5, 5.41) is 0. The standard InChI is InChI=1S/C18H20N2O4.2ClH/c1-23-17(21)13-7-3-11(4-8-13)15(19)16(20)12-5-9-14(10-6-12)18(22)24-2;;/h3-10,15-16H,19-20H2,1-2H3;2*1H/t15-,16-;;/m1../s1. The number of carbonyl (C=O) groups is 2. The molecule has 0 amide bonds. The molecule has 8 heteroatoms. The lowest BCUT2D eigenvalue weighted by Crippen LogP contribution is -2.26. The number of rotatable bonds is 5. The van der Waals surface area contributed by atoms with Crippen molar-refractivity contribution in [3.63, 3.8) is 0 Å². The summed E-state index contributed by atoms with van der Waals surface area (Å²) in [6.45, 7) is 0. The normalized spacial score (nSPS) is 12.0. The highest BCUT2D eigenvalue weighted by molar-refractivity contribution is 5.89. The van der Waals surface area contributed by atoms with E-state index in [0.717, 1.165) is 11.1 Å². The van der Waals surface area contributed by atoms with E-state index in [1.165, 1.54) is 14.2 Å². The molecule has 2 rings (SSSR count). The van der Waals surface area contributed by atoms with Gasteiger partial charge in [0.1, 0.15) is 0 Å². The average Bonchev–Trinajstić information content (AvgIpc) is 2.65. The Balaban J connectivity index is 0.00000312. The van der Waals surface area contributed by atoms with Gasteiger partial charge >= 0.3 is 11.9 Å². The van der Waals surface area contributed by atoms with Crippen LogP contribution in [-0.4, -0.2) is 26.2 Å². The monoisotopic (exact) mass is 400 g/mol. The third kappa shape index (κ3) is 5.44. The largest absolute Gasteiger partial charge is 0.465 e. The molecule has 0 saturated heterocycles. The Morgan fingerprint density at radius 1 is 0.692 bits per heavy atom. The summed E-state index contributed by atoms with van der Waals surface area (Å²) in [4.78, 5) is 22.9. The third-order valence-corrected chi connectivity index (χ3v) is 3.82. The van der Waals surface area contributed by atoms with Crippen LogP contribution in [-0.2, 0) is 9.47 Å². The van der Waals surface area contributed by atoms with Crippen LogP contribution in [0.1, 0.15) is 43.9 Å². The lowest BCUT2D eigenvalue weighted by atomic mass is 9.93. The summed E-state index contributed by atoms with van der Waals surface area (Å²) < 4.78 is 9.32. The van der Waals surface area contributed by atoms with E-state index in [9.17, 15) is 9.59 Å². The number of carbonyl (C=O) groups excluding carboxylic acids is 2. The SMILES string of the molecule is COC(=O)c1ccc([C@@H](N)[C@H](N)c2ccc(C(=O)OC)cc2)cc1.Cl.Cl. The summed E-state index contributed by atoms with van der Waals surface area (Å²) in [6, 6.07) is 12.7. The van der Waals surface area contributed by atoms with Crippen LogP contribution in [0.3, 0.4) is 0 Å². The predicted molar refractivity (Wildman–Crippen MR) is 104 cm³/mol. The maximum Gasteiger partial charge on any atom is 0.337 e. The number of methoxy groups -OCH3 is 2. The van der Waals surface area contributed by atoms with Gasteiger partial charge in [0.15, 0.2) is 0 Å². The molecule has 0 unspecified atom stereocenters. The van der Waals surface area contributed by atoms with Crippen LogP contribution in [0.25, 0.3) is 0 Å². The van der Waals surface area contributed by atoms with Crippen molar-refractivity contribution in [2.45, 2.75) is 12.1 Å².